The summed E-state index contributed by atoms with van der Waals surface area (Å²) in [6.45, 7) is 10.8. The Morgan fingerprint density at radius 1 is 1.12 bits per heavy atom. The van der Waals surface area contributed by atoms with Crippen LogP contribution in [0, 0.1) is 6.92 Å². The third kappa shape index (κ3) is 4.89. The van der Waals surface area contributed by atoms with Gasteiger partial charge in [0.1, 0.15) is 5.75 Å². The number of aromatic hydroxyl groups is 1. The summed E-state index contributed by atoms with van der Waals surface area (Å²) in [5.74, 6) is 0.651. The van der Waals surface area contributed by atoms with Crippen LogP contribution in [-0.2, 0) is 0 Å². The molecule has 1 unspecified atom stereocenters. The summed E-state index contributed by atoms with van der Waals surface area (Å²) in [5, 5.41) is 10.5. The topological polar surface area (TPSA) is 20.2 Å². The van der Waals surface area contributed by atoms with Crippen molar-refractivity contribution in [2.75, 3.05) is 26.2 Å². The van der Waals surface area contributed by atoms with Crippen LogP contribution in [0.2, 0.25) is 0 Å². The van der Waals surface area contributed by atoms with Crippen LogP contribution in [0.3, 0.4) is 0 Å². The Bertz CT molecular complexity index is 707. The summed E-state index contributed by atoms with van der Waals surface area (Å²) in [7, 11) is 0. The molecule has 1 heterocycles. The molecule has 2 aromatic carbocycles. The normalized spacial score (nSPS) is 16.7. The summed E-state index contributed by atoms with van der Waals surface area (Å²) in [6.07, 6.45) is 5.76. The van der Waals surface area contributed by atoms with Crippen molar-refractivity contribution in [2.45, 2.75) is 32.1 Å². The van der Waals surface area contributed by atoms with Crippen molar-refractivity contribution in [3.63, 3.8) is 0 Å². The molecule has 3 rings (SSSR count). The number of aryl methyl sites for hydroxylation is 1. The largest absolute Gasteiger partial charge is 1.00 e. The Morgan fingerprint density at radius 2 is 1.81 bits per heavy atom. The molecular formula is C23H30INO. The minimum Gasteiger partial charge on any atom is -1.00 e. The van der Waals surface area contributed by atoms with Gasteiger partial charge in [-0.25, -0.2) is 0 Å². The van der Waals surface area contributed by atoms with Gasteiger partial charge in [0.15, 0.2) is 0 Å². The second-order valence-corrected chi connectivity index (χ2v) is 7.51. The number of halogens is 1. The van der Waals surface area contributed by atoms with Crippen LogP contribution in [0.5, 0.6) is 5.75 Å². The molecule has 1 aliphatic rings. The van der Waals surface area contributed by atoms with Crippen molar-refractivity contribution in [3.05, 3.63) is 77.9 Å². The second kappa shape index (κ2) is 9.56. The molecule has 1 saturated heterocycles. The minimum absolute atomic E-state index is 0. The van der Waals surface area contributed by atoms with Gasteiger partial charge in [-0.15, -0.1) is 0 Å². The van der Waals surface area contributed by atoms with Crippen molar-refractivity contribution in [1.82, 2.24) is 0 Å². The summed E-state index contributed by atoms with van der Waals surface area (Å²) >= 11 is 0. The van der Waals surface area contributed by atoms with E-state index in [2.05, 4.69) is 56.0 Å². The van der Waals surface area contributed by atoms with E-state index in [1.165, 1.54) is 37.1 Å². The maximum absolute atomic E-state index is 10.5. The highest BCUT2D eigenvalue weighted by molar-refractivity contribution is 5.43. The molecule has 0 radical (unpaired) electrons. The molecule has 1 atom stereocenters. The van der Waals surface area contributed by atoms with Crippen molar-refractivity contribution in [3.8, 4) is 5.75 Å². The lowest BCUT2D eigenvalue weighted by Crippen LogP contribution is -3.00. The second-order valence-electron chi connectivity index (χ2n) is 7.51. The number of phenols is 1. The van der Waals surface area contributed by atoms with E-state index >= 15 is 0 Å². The van der Waals surface area contributed by atoms with Gasteiger partial charge in [0.25, 0.3) is 0 Å². The zero-order valence-corrected chi connectivity index (χ0v) is 17.9. The molecule has 0 saturated carbocycles. The SMILES string of the molecule is C=CC[N+]1(CCC(c2ccccc2)c2cc(C)ccc2O)CCCC1.[I-]. The molecule has 26 heavy (non-hydrogen) atoms. The summed E-state index contributed by atoms with van der Waals surface area (Å²) in [5.41, 5.74) is 3.55. The van der Waals surface area contributed by atoms with Gasteiger partial charge in [0, 0.05) is 30.7 Å². The summed E-state index contributed by atoms with van der Waals surface area (Å²) in [6, 6.07) is 16.6. The molecular weight excluding hydrogens is 433 g/mol. The molecule has 0 amide bonds. The van der Waals surface area contributed by atoms with E-state index in [1.54, 1.807) is 0 Å². The Morgan fingerprint density at radius 3 is 2.46 bits per heavy atom. The Balaban J connectivity index is 0.00000243. The average Bonchev–Trinajstić information content (AvgIpc) is 3.08. The van der Waals surface area contributed by atoms with E-state index < -0.39 is 0 Å². The van der Waals surface area contributed by atoms with E-state index in [-0.39, 0.29) is 29.9 Å². The fourth-order valence-electron chi connectivity index (χ4n) is 4.32. The summed E-state index contributed by atoms with van der Waals surface area (Å²) < 4.78 is 1.15. The molecule has 1 aliphatic heterocycles. The van der Waals surface area contributed by atoms with E-state index in [0.29, 0.717) is 5.75 Å². The Labute approximate surface area is 175 Å². The standard InChI is InChI=1S/C23H29NO.HI/c1-3-14-24(15-7-8-16-24)17-13-21(20-9-5-4-6-10-20)22-18-19(2)11-12-23(22)25;/h3-6,9-12,18,21H,1,7-8,13-17H2,2H3;1H. The molecule has 0 spiro atoms. The average molecular weight is 463 g/mol. The van der Waals surface area contributed by atoms with Gasteiger partial charge < -0.3 is 33.6 Å². The molecule has 2 nitrogen and oxygen atoms in total. The number of hydrogen-bond acceptors (Lipinski definition) is 1. The van der Waals surface area contributed by atoms with Gasteiger partial charge in [0.05, 0.1) is 26.2 Å². The lowest BCUT2D eigenvalue weighted by Gasteiger charge is -2.35. The third-order valence-electron chi connectivity index (χ3n) is 5.68. The van der Waals surface area contributed by atoms with Gasteiger partial charge in [-0.1, -0.05) is 54.6 Å². The first-order valence-electron chi connectivity index (χ1n) is 9.44. The molecule has 140 valence electrons. The van der Waals surface area contributed by atoms with E-state index in [4.69, 9.17) is 0 Å². The van der Waals surface area contributed by atoms with E-state index in [9.17, 15) is 5.11 Å². The van der Waals surface area contributed by atoms with E-state index in [0.717, 1.165) is 29.6 Å². The first-order chi connectivity index (χ1) is 12.1. The monoisotopic (exact) mass is 463 g/mol. The van der Waals surface area contributed by atoms with Gasteiger partial charge >= 0.3 is 0 Å². The van der Waals surface area contributed by atoms with Crippen LogP contribution < -0.4 is 24.0 Å². The maximum atomic E-state index is 10.5. The maximum Gasteiger partial charge on any atom is 0.119 e. The lowest BCUT2D eigenvalue weighted by atomic mass is 9.86. The molecule has 1 N–H and O–H groups in total. The number of benzene rings is 2. The quantitative estimate of drug-likeness (QED) is 0.379. The van der Waals surface area contributed by atoms with Crippen molar-refractivity contribution in [2.24, 2.45) is 0 Å². The zero-order valence-electron chi connectivity index (χ0n) is 15.7. The van der Waals surface area contributed by atoms with Gasteiger partial charge in [0.2, 0.25) is 0 Å². The van der Waals surface area contributed by atoms with Crippen molar-refractivity contribution >= 4 is 0 Å². The Hall–Kier alpha value is -1.33. The third-order valence-corrected chi connectivity index (χ3v) is 5.68. The molecule has 0 aromatic heterocycles. The van der Waals surface area contributed by atoms with Gasteiger partial charge in [-0.05, 0) is 24.6 Å². The number of likely N-dealkylation sites (tertiary alicyclic amines) is 1. The highest BCUT2D eigenvalue weighted by Crippen LogP contribution is 2.36. The zero-order chi connectivity index (χ0) is 17.7. The number of quaternary nitrogens is 1. The first kappa shape index (κ1) is 21.0. The molecule has 1 fully saturated rings. The van der Waals surface area contributed by atoms with Crippen LogP contribution in [0.4, 0.5) is 0 Å². The van der Waals surface area contributed by atoms with Crippen LogP contribution in [0.15, 0.2) is 61.2 Å². The summed E-state index contributed by atoms with van der Waals surface area (Å²) in [4.78, 5) is 0. The molecule has 0 aliphatic carbocycles. The van der Waals surface area contributed by atoms with Crippen LogP contribution in [0.25, 0.3) is 0 Å². The van der Waals surface area contributed by atoms with Crippen LogP contribution in [0.1, 0.15) is 41.9 Å². The number of hydrogen-bond donors (Lipinski definition) is 1. The molecule has 2 aromatic rings. The molecule has 0 bridgehead atoms. The highest BCUT2D eigenvalue weighted by Gasteiger charge is 2.32. The van der Waals surface area contributed by atoms with E-state index in [1.807, 2.05) is 12.1 Å². The van der Waals surface area contributed by atoms with Crippen molar-refractivity contribution in [1.29, 1.82) is 0 Å². The predicted octanol–water partition coefficient (Wildman–Crippen LogP) is 2.02. The fourth-order valence-corrected chi connectivity index (χ4v) is 4.32. The number of nitrogens with zero attached hydrogens (tertiary/aromatic N) is 1. The molecule has 3 heteroatoms. The first-order valence-corrected chi connectivity index (χ1v) is 9.44. The van der Waals surface area contributed by atoms with Gasteiger partial charge in [-0.3, -0.25) is 0 Å². The van der Waals surface area contributed by atoms with Crippen molar-refractivity contribution < 1.29 is 33.6 Å². The highest BCUT2D eigenvalue weighted by atomic mass is 127. The van der Waals surface area contributed by atoms with Gasteiger partial charge in [-0.2, -0.15) is 0 Å². The smallest absolute Gasteiger partial charge is 0.119 e. The predicted molar refractivity (Wildman–Crippen MR) is 105 cm³/mol. The number of phenolic OH excluding ortho intramolecular Hbond substituents is 1. The lowest BCUT2D eigenvalue weighted by molar-refractivity contribution is -0.911. The fraction of sp³-hybridized carbons (Fsp3) is 0.391. The van der Waals surface area contributed by atoms with Crippen LogP contribution >= 0.6 is 0 Å². The number of rotatable bonds is 7. The Kier molecular flexibility index (Phi) is 7.71. The van der Waals surface area contributed by atoms with Crippen LogP contribution in [-0.4, -0.2) is 35.8 Å². The minimum atomic E-state index is 0.